The smallest absolute Gasteiger partial charge is 0.339 e. The van der Waals surface area contributed by atoms with Gasteiger partial charge in [-0.3, -0.25) is 0 Å². The number of methoxy groups -OCH3 is 1. The van der Waals surface area contributed by atoms with Crippen molar-refractivity contribution in [3.8, 4) is 5.75 Å². The van der Waals surface area contributed by atoms with Crippen molar-refractivity contribution in [2.75, 3.05) is 7.11 Å². The standard InChI is InChI=1S/C11H11ClO3/c1-14-11(13)9-5-4-8(6-10(9)12)15-7-2-3-7/h4-7H,2-3H2,1H3. The van der Waals surface area contributed by atoms with Crippen LogP contribution in [0.3, 0.4) is 0 Å². The van der Waals surface area contributed by atoms with Crippen molar-refractivity contribution >= 4 is 17.6 Å². The number of rotatable bonds is 3. The molecule has 0 aromatic heterocycles. The maximum atomic E-state index is 11.2. The van der Waals surface area contributed by atoms with E-state index in [1.54, 1.807) is 18.2 Å². The van der Waals surface area contributed by atoms with E-state index in [2.05, 4.69) is 4.74 Å². The van der Waals surface area contributed by atoms with Gasteiger partial charge in [-0.25, -0.2) is 4.79 Å². The van der Waals surface area contributed by atoms with Gasteiger partial charge in [0.05, 0.1) is 23.8 Å². The summed E-state index contributed by atoms with van der Waals surface area (Å²) in [6, 6.07) is 4.99. The molecule has 1 aromatic carbocycles. The van der Waals surface area contributed by atoms with Crippen LogP contribution in [0.15, 0.2) is 18.2 Å². The van der Waals surface area contributed by atoms with Crippen LogP contribution >= 0.6 is 11.6 Å². The molecule has 0 spiro atoms. The van der Waals surface area contributed by atoms with Gasteiger partial charge < -0.3 is 9.47 Å². The Balaban J connectivity index is 2.17. The Morgan fingerprint density at radius 2 is 2.20 bits per heavy atom. The summed E-state index contributed by atoms with van der Waals surface area (Å²) in [6.07, 6.45) is 2.51. The summed E-state index contributed by atoms with van der Waals surface area (Å²) >= 11 is 5.93. The minimum Gasteiger partial charge on any atom is -0.490 e. The zero-order chi connectivity index (χ0) is 10.8. The lowest BCUT2D eigenvalue weighted by atomic mass is 10.2. The predicted octanol–water partition coefficient (Wildman–Crippen LogP) is 2.67. The van der Waals surface area contributed by atoms with Crippen LogP contribution in [0, 0.1) is 0 Å². The lowest BCUT2D eigenvalue weighted by Crippen LogP contribution is -2.03. The van der Waals surface area contributed by atoms with E-state index in [1.165, 1.54) is 7.11 Å². The molecule has 1 fully saturated rings. The van der Waals surface area contributed by atoms with Crippen molar-refractivity contribution < 1.29 is 14.3 Å². The number of esters is 1. The third kappa shape index (κ3) is 2.42. The molecule has 2 rings (SSSR count). The quantitative estimate of drug-likeness (QED) is 0.744. The minimum absolute atomic E-state index is 0.324. The Morgan fingerprint density at radius 3 is 2.73 bits per heavy atom. The highest BCUT2D eigenvalue weighted by molar-refractivity contribution is 6.33. The molecule has 0 unspecified atom stereocenters. The molecule has 4 heteroatoms. The molecule has 3 nitrogen and oxygen atoms in total. The van der Waals surface area contributed by atoms with E-state index in [0.717, 1.165) is 12.8 Å². The van der Waals surface area contributed by atoms with Crippen LogP contribution < -0.4 is 4.74 Å². The third-order valence-electron chi connectivity index (χ3n) is 2.17. The topological polar surface area (TPSA) is 35.5 Å². The van der Waals surface area contributed by atoms with Crippen molar-refractivity contribution in [2.24, 2.45) is 0 Å². The molecule has 15 heavy (non-hydrogen) atoms. The number of ether oxygens (including phenoxy) is 2. The van der Waals surface area contributed by atoms with Crippen molar-refractivity contribution in [3.05, 3.63) is 28.8 Å². The summed E-state index contributed by atoms with van der Waals surface area (Å²) in [5.41, 5.74) is 0.363. The average Bonchev–Trinajstić information content (AvgIpc) is 3.01. The molecule has 0 radical (unpaired) electrons. The number of carbonyl (C=O) groups excluding carboxylic acids is 1. The largest absolute Gasteiger partial charge is 0.490 e. The van der Waals surface area contributed by atoms with Gasteiger partial charge in [0.15, 0.2) is 0 Å². The molecule has 0 N–H and O–H groups in total. The molecule has 1 aliphatic rings. The molecule has 1 aliphatic carbocycles. The van der Waals surface area contributed by atoms with Gasteiger partial charge in [-0.2, -0.15) is 0 Å². The van der Waals surface area contributed by atoms with E-state index < -0.39 is 5.97 Å². The Labute approximate surface area is 92.9 Å². The van der Waals surface area contributed by atoms with Crippen molar-refractivity contribution in [2.45, 2.75) is 18.9 Å². The summed E-state index contributed by atoms with van der Waals surface area (Å²) in [7, 11) is 1.33. The SMILES string of the molecule is COC(=O)c1ccc(OC2CC2)cc1Cl. The number of hydrogen-bond donors (Lipinski definition) is 0. The fourth-order valence-electron chi connectivity index (χ4n) is 1.22. The molecule has 0 amide bonds. The summed E-state index contributed by atoms with van der Waals surface area (Å²) in [6.45, 7) is 0. The van der Waals surface area contributed by atoms with Gasteiger partial charge in [0.1, 0.15) is 5.75 Å². The lowest BCUT2D eigenvalue weighted by molar-refractivity contribution is 0.0601. The third-order valence-corrected chi connectivity index (χ3v) is 2.49. The van der Waals surface area contributed by atoms with Gasteiger partial charge in [0.2, 0.25) is 0 Å². The van der Waals surface area contributed by atoms with Gasteiger partial charge in [-0.05, 0) is 31.0 Å². The van der Waals surface area contributed by atoms with E-state index >= 15 is 0 Å². The summed E-state index contributed by atoms with van der Waals surface area (Å²) in [5, 5.41) is 0.361. The van der Waals surface area contributed by atoms with Crippen LogP contribution in [-0.2, 0) is 4.74 Å². The molecule has 0 aliphatic heterocycles. The second kappa shape index (κ2) is 4.11. The minimum atomic E-state index is -0.432. The first-order chi connectivity index (χ1) is 7.20. The maximum absolute atomic E-state index is 11.2. The molecule has 1 aromatic rings. The first-order valence-electron chi connectivity index (χ1n) is 4.75. The van der Waals surface area contributed by atoms with Crippen molar-refractivity contribution in [1.29, 1.82) is 0 Å². The second-order valence-corrected chi connectivity index (χ2v) is 3.86. The zero-order valence-corrected chi connectivity index (χ0v) is 9.08. The van der Waals surface area contributed by atoms with Crippen LogP contribution in [0.25, 0.3) is 0 Å². The fourth-order valence-corrected chi connectivity index (χ4v) is 1.47. The molecule has 0 bridgehead atoms. The lowest BCUT2D eigenvalue weighted by Gasteiger charge is -2.06. The number of benzene rings is 1. The molecular formula is C11H11ClO3. The van der Waals surface area contributed by atoms with Crippen LogP contribution in [0.2, 0.25) is 5.02 Å². The van der Waals surface area contributed by atoms with Gasteiger partial charge >= 0.3 is 5.97 Å². The second-order valence-electron chi connectivity index (χ2n) is 3.45. The molecule has 0 heterocycles. The van der Waals surface area contributed by atoms with E-state index in [0.29, 0.717) is 22.4 Å². The molecule has 0 atom stereocenters. The van der Waals surface area contributed by atoms with E-state index in [4.69, 9.17) is 16.3 Å². The average molecular weight is 227 g/mol. The highest BCUT2D eigenvalue weighted by Gasteiger charge is 2.24. The van der Waals surface area contributed by atoms with E-state index in [9.17, 15) is 4.79 Å². The fraction of sp³-hybridized carbons (Fsp3) is 0.364. The van der Waals surface area contributed by atoms with Crippen LogP contribution in [0.1, 0.15) is 23.2 Å². The molecular weight excluding hydrogens is 216 g/mol. The molecule has 80 valence electrons. The first kappa shape index (κ1) is 10.3. The van der Waals surface area contributed by atoms with Gasteiger partial charge in [-0.15, -0.1) is 0 Å². The van der Waals surface area contributed by atoms with Crippen molar-refractivity contribution in [1.82, 2.24) is 0 Å². The van der Waals surface area contributed by atoms with Crippen LogP contribution in [0.5, 0.6) is 5.75 Å². The monoisotopic (exact) mass is 226 g/mol. The molecule has 0 saturated heterocycles. The highest BCUT2D eigenvalue weighted by Crippen LogP contribution is 2.29. The van der Waals surface area contributed by atoms with Crippen molar-refractivity contribution in [3.63, 3.8) is 0 Å². The highest BCUT2D eigenvalue weighted by atomic mass is 35.5. The van der Waals surface area contributed by atoms with Gasteiger partial charge in [0.25, 0.3) is 0 Å². The Hall–Kier alpha value is -1.22. The van der Waals surface area contributed by atoms with E-state index in [1.807, 2.05) is 0 Å². The van der Waals surface area contributed by atoms with Crippen LogP contribution in [0.4, 0.5) is 0 Å². The number of carbonyl (C=O) groups is 1. The summed E-state index contributed by atoms with van der Waals surface area (Å²) in [4.78, 5) is 11.2. The number of hydrogen-bond acceptors (Lipinski definition) is 3. The maximum Gasteiger partial charge on any atom is 0.339 e. The summed E-state index contributed by atoms with van der Waals surface area (Å²) < 4.78 is 10.1. The predicted molar refractivity (Wildman–Crippen MR) is 56.4 cm³/mol. The summed E-state index contributed by atoms with van der Waals surface area (Å²) in [5.74, 6) is 0.271. The first-order valence-corrected chi connectivity index (χ1v) is 5.13. The number of halogens is 1. The molecule has 1 saturated carbocycles. The normalized spacial score (nSPS) is 14.8. The van der Waals surface area contributed by atoms with E-state index in [-0.39, 0.29) is 0 Å². The Kier molecular flexibility index (Phi) is 2.82. The zero-order valence-electron chi connectivity index (χ0n) is 8.33. The van der Waals surface area contributed by atoms with Gasteiger partial charge in [0, 0.05) is 0 Å². The van der Waals surface area contributed by atoms with Gasteiger partial charge in [-0.1, -0.05) is 11.6 Å². The van der Waals surface area contributed by atoms with Crippen LogP contribution in [-0.4, -0.2) is 19.2 Å². The Morgan fingerprint density at radius 1 is 1.47 bits per heavy atom. The Bertz CT molecular complexity index is 385.